The van der Waals surface area contributed by atoms with Crippen LogP contribution in [0.3, 0.4) is 0 Å². The van der Waals surface area contributed by atoms with Crippen LogP contribution in [-0.2, 0) is 9.84 Å². The molecule has 0 saturated heterocycles. The molecule has 1 aromatic rings. The smallest absolute Gasteiger partial charge is 0.178 e. The van der Waals surface area contributed by atoms with E-state index in [4.69, 9.17) is 0 Å². The van der Waals surface area contributed by atoms with E-state index in [9.17, 15) is 12.8 Å². The third-order valence-electron chi connectivity index (χ3n) is 3.04. The quantitative estimate of drug-likeness (QED) is 0.882. The fourth-order valence-electron chi connectivity index (χ4n) is 2.27. The van der Waals surface area contributed by atoms with Crippen LogP contribution in [0.5, 0.6) is 0 Å². The summed E-state index contributed by atoms with van der Waals surface area (Å²) in [5, 5.41) is 3.25. The molecule has 1 N–H and O–H groups in total. The zero-order valence-corrected chi connectivity index (χ0v) is 10.6. The minimum Gasteiger partial charge on any atom is -0.310 e. The lowest BCUT2D eigenvalue weighted by Crippen LogP contribution is -2.21. The Hall–Kier alpha value is -0.940. The van der Waals surface area contributed by atoms with Crippen LogP contribution in [0.4, 0.5) is 4.39 Å². The maximum absolute atomic E-state index is 13.2. The molecule has 0 amide bonds. The molecule has 0 aromatic heterocycles. The molecule has 0 fully saturated rings. The Morgan fingerprint density at radius 1 is 1.47 bits per heavy atom. The fraction of sp³-hybridized carbons (Fsp3) is 0.500. The number of fused-ring (bicyclic) bond motifs is 1. The Labute approximate surface area is 101 Å². The van der Waals surface area contributed by atoms with E-state index in [0.29, 0.717) is 12.0 Å². The van der Waals surface area contributed by atoms with E-state index in [1.807, 2.05) is 6.92 Å². The lowest BCUT2D eigenvalue weighted by Gasteiger charge is -2.17. The lowest BCUT2D eigenvalue weighted by atomic mass is 10.0. The van der Waals surface area contributed by atoms with Crippen molar-refractivity contribution in [3.05, 3.63) is 29.6 Å². The van der Waals surface area contributed by atoms with Crippen LogP contribution in [0.15, 0.2) is 23.1 Å². The van der Waals surface area contributed by atoms with Crippen molar-refractivity contribution in [1.29, 1.82) is 0 Å². The number of hydrogen-bond acceptors (Lipinski definition) is 3. The van der Waals surface area contributed by atoms with Crippen LogP contribution < -0.4 is 5.32 Å². The molecule has 1 atom stereocenters. The maximum Gasteiger partial charge on any atom is 0.178 e. The molecule has 1 unspecified atom stereocenters. The summed E-state index contributed by atoms with van der Waals surface area (Å²) in [6.45, 7) is 2.74. The van der Waals surface area contributed by atoms with Gasteiger partial charge in [-0.1, -0.05) is 13.0 Å². The van der Waals surface area contributed by atoms with Gasteiger partial charge in [-0.15, -0.1) is 0 Å². The molecule has 0 aliphatic carbocycles. The number of hydrogen-bond donors (Lipinski definition) is 1. The monoisotopic (exact) mass is 257 g/mol. The molecule has 3 nitrogen and oxygen atoms in total. The Kier molecular flexibility index (Phi) is 3.49. The van der Waals surface area contributed by atoms with Gasteiger partial charge in [0.1, 0.15) is 5.82 Å². The van der Waals surface area contributed by atoms with Gasteiger partial charge in [-0.3, -0.25) is 0 Å². The second-order valence-electron chi connectivity index (χ2n) is 4.25. The SMILES string of the molecule is CCNC1CCCS(=O)(=O)c2cc(F)ccc21. The maximum atomic E-state index is 13.2. The molecule has 17 heavy (non-hydrogen) atoms. The van der Waals surface area contributed by atoms with Crippen molar-refractivity contribution in [2.24, 2.45) is 0 Å². The first kappa shape index (κ1) is 12.5. The summed E-state index contributed by atoms with van der Waals surface area (Å²) < 4.78 is 37.2. The fourth-order valence-corrected chi connectivity index (χ4v) is 3.89. The van der Waals surface area contributed by atoms with Crippen molar-refractivity contribution in [2.75, 3.05) is 12.3 Å². The number of halogens is 1. The third-order valence-corrected chi connectivity index (χ3v) is 4.89. The predicted molar refractivity (Wildman–Crippen MR) is 64.1 cm³/mol. The summed E-state index contributed by atoms with van der Waals surface area (Å²) in [5.74, 6) is -0.393. The van der Waals surface area contributed by atoms with E-state index in [0.717, 1.165) is 19.0 Å². The van der Waals surface area contributed by atoms with Gasteiger partial charge in [-0.25, -0.2) is 12.8 Å². The van der Waals surface area contributed by atoms with E-state index in [-0.39, 0.29) is 16.7 Å². The lowest BCUT2D eigenvalue weighted by molar-refractivity contribution is 0.506. The Morgan fingerprint density at radius 2 is 2.24 bits per heavy atom. The van der Waals surface area contributed by atoms with Crippen molar-refractivity contribution in [3.8, 4) is 0 Å². The molecule has 0 saturated carbocycles. The molecule has 1 aliphatic rings. The molecule has 0 radical (unpaired) electrons. The van der Waals surface area contributed by atoms with Gasteiger partial charge in [0.2, 0.25) is 0 Å². The highest BCUT2D eigenvalue weighted by Crippen LogP contribution is 2.31. The second-order valence-corrected chi connectivity index (χ2v) is 6.33. The summed E-state index contributed by atoms with van der Waals surface area (Å²) in [5.41, 5.74) is 0.700. The number of nitrogens with one attached hydrogen (secondary N) is 1. The normalized spacial score (nSPS) is 22.8. The van der Waals surface area contributed by atoms with E-state index < -0.39 is 15.7 Å². The van der Waals surface area contributed by atoms with Crippen LogP contribution >= 0.6 is 0 Å². The van der Waals surface area contributed by atoms with Gasteiger partial charge in [0.05, 0.1) is 10.6 Å². The molecular formula is C12H16FNO2S. The first-order valence-corrected chi connectivity index (χ1v) is 7.45. The van der Waals surface area contributed by atoms with Crippen LogP contribution in [0.1, 0.15) is 31.4 Å². The first-order valence-electron chi connectivity index (χ1n) is 5.80. The number of rotatable bonds is 2. The largest absolute Gasteiger partial charge is 0.310 e. The molecule has 5 heteroatoms. The van der Waals surface area contributed by atoms with Gasteiger partial charge >= 0.3 is 0 Å². The van der Waals surface area contributed by atoms with Crippen LogP contribution in [-0.4, -0.2) is 20.7 Å². The van der Waals surface area contributed by atoms with Crippen molar-refractivity contribution in [1.82, 2.24) is 5.32 Å². The minimum atomic E-state index is -3.33. The molecule has 94 valence electrons. The predicted octanol–water partition coefficient (Wildman–Crippen LogP) is 2.04. The van der Waals surface area contributed by atoms with Crippen molar-refractivity contribution in [2.45, 2.75) is 30.7 Å². The van der Waals surface area contributed by atoms with Gasteiger partial charge < -0.3 is 5.32 Å². The average molecular weight is 257 g/mol. The minimum absolute atomic E-state index is 0.00729. The number of benzene rings is 1. The van der Waals surface area contributed by atoms with Crippen LogP contribution in [0, 0.1) is 5.82 Å². The van der Waals surface area contributed by atoms with Crippen LogP contribution in [0.2, 0.25) is 0 Å². The highest BCUT2D eigenvalue weighted by molar-refractivity contribution is 7.91. The van der Waals surface area contributed by atoms with Crippen molar-refractivity contribution in [3.63, 3.8) is 0 Å². The first-order chi connectivity index (χ1) is 8.04. The topological polar surface area (TPSA) is 46.2 Å². The van der Waals surface area contributed by atoms with Gasteiger partial charge in [-0.05, 0) is 37.1 Å². The Morgan fingerprint density at radius 3 is 2.94 bits per heavy atom. The van der Waals surface area contributed by atoms with E-state index in [1.54, 1.807) is 6.07 Å². The zero-order chi connectivity index (χ0) is 12.5. The molecule has 1 aliphatic heterocycles. The van der Waals surface area contributed by atoms with Crippen LogP contribution in [0.25, 0.3) is 0 Å². The molecule has 1 aromatic carbocycles. The second kappa shape index (κ2) is 4.74. The summed E-state index contributed by atoms with van der Waals surface area (Å²) in [6, 6.07) is 4.05. The summed E-state index contributed by atoms with van der Waals surface area (Å²) >= 11 is 0. The van der Waals surface area contributed by atoms with Gasteiger partial charge in [0, 0.05) is 6.04 Å². The highest BCUT2D eigenvalue weighted by atomic mass is 32.2. The van der Waals surface area contributed by atoms with E-state index in [1.165, 1.54) is 6.07 Å². The third kappa shape index (κ3) is 2.50. The summed E-state index contributed by atoms with van der Waals surface area (Å²) in [6.07, 6.45) is 1.38. The van der Waals surface area contributed by atoms with E-state index in [2.05, 4.69) is 5.32 Å². The Balaban J connectivity index is 2.56. The summed E-state index contributed by atoms with van der Waals surface area (Å²) in [7, 11) is -3.33. The molecule has 2 rings (SSSR count). The standard InChI is InChI=1S/C12H16FNO2S/c1-2-14-11-4-3-7-17(15,16)12-8-9(13)5-6-10(11)12/h5-6,8,11,14H,2-4,7H2,1H3. The highest BCUT2D eigenvalue weighted by Gasteiger charge is 2.27. The van der Waals surface area contributed by atoms with Crippen molar-refractivity contribution >= 4 is 9.84 Å². The summed E-state index contributed by atoms with van der Waals surface area (Å²) in [4.78, 5) is 0.154. The molecule has 0 spiro atoms. The number of sulfone groups is 1. The molecule has 1 heterocycles. The Bertz CT molecular complexity index is 513. The molecular weight excluding hydrogens is 241 g/mol. The van der Waals surface area contributed by atoms with Crippen molar-refractivity contribution < 1.29 is 12.8 Å². The van der Waals surface area contributed by atoms with Gasteiger partial charge in [-0.2, -0.15) is 0 Å². The van der Waals surface area contributed by atoms with E-state index >= 15 is 0 Å². The zero-order valence-electron chi connectivity index (χ0n) is 9.74. The average Bonchev–Trinajstić information content (AvgIpc) is 2.38. The molecule has 0 bridgehead atoms. The van der Waals surface area contributed by atoms with Gasteiger partial charge in [0.15, 0.2) is 9.84 Å². The van der Waals surface area contributed by atoms with Gasteiger partial charge in [0.25, 0.3) is 0 Å².